The maximum atomic E-state index is 12.8. The number of hydrogen-bond acceptors (Lipinski definition) is 8. The predicted molar refractivity (Wildman–Crippen MR) is 103 cm³/mol. The molecule has 3 fully saturated rings. The molecule has 30 heavy (non-hydrogen) atoms. The smallest absolute Gasteiger partial charge is 0.336 e. The summed E-state index contributed by atoms with van der Waals surface area (Å²) in [6, 6.07) is 0. The molecule has 1 N–H and O–H groups in total. The van der Waals surface area contributed by atoms with Gasteiger partial charge in [0.15, 0.2) is 0 Å². The van der Waals surface area contributed by atoms with E-state index in [-0.39, 0.29) is 29.6 Å². The first-order valence-electron chi connectivity index (χ1n) is 10.3. The van der Waals surface area contributed by atoms with Gasteiger partial charge in [-0.1, -0.05) is 19.9 Å². The van der Waals surface area contributed by atoms with Crippen LogP contribution >= 0.6 is 0 Å². The highest BCUT2D eigenvalue weighted by Crippen LogP contribution is 2.71. The van der Waals surface area contributed by atoms with Crippen molar-refractivity contribution in [2.24, 2.45) is 11.3 Å². The molecule has 0 radical (unpaired) electrons. The molecule has 1 saturated heterocycles. The van der Waals surface area contributed by atoms with Crippen LogP contribution in [0, 0.1) is 11.3 Å². The lowest BCUT2D eigenvalue weighted by atomic mass is 9.51. The highest BCUT2D eigenvalue weighted by atomic mass is 16.7. The molecule has 7 atom stereocenters. The van der Waals surface area contributed by atoms with Crippen LogP contribution < -0.4 is 0 Å². The van der Waals surface area contributed by atoms with E-state index in [1.54, 1.807) is 26.8 Å². The van der Waals surface area contributed by atoms with Crippen LogP contribution in [0.3, 0.4) is 0 Å². The van der Waals surface area contributed by atoms with E-state index >= 15 is 0 Å². The number of ether oxygens (including phenoxy) is 4. The second-order valence-electron chi connectivity index (χ2n) is 9.10. The molecule has 0 aromatic heterocycles. The molecule has 8 nitrogen and oxygen atoms in total. The fraction of sp³-hybridized carbons (Fsp3) is 0.682. The van der Waals surface area contributed by atoms with Crippen molar-refractivity contribution in [3.05, 3.63) is 22.8 Å². The van der Waals surface area contributed by atoms with Crippen LogP contribution in [0.25, 0.3) is 0 Å². The summed E-state index contributed by atoms with van der Waals surface area (Å²) in [5.74, 6) is -3.76. The van der Waals surface area contributed by atoms with Crippen LogP contribution in [-0.2, 0) is 33.3 Å². The minimum atomic E-state index is -1.89. The number of carbonyl (C=O) groups excluding carboxylic acids is 3. The monoisotopic (exact) mass is 420 g/mol. The largest absolute Gasteiger partial charge is 0.462 e. The van der Waals surface area contributed by atoms with Crippen molar-refractivity contribution in [1.29, 1.82) is 0 Å². The Labute approximate surface area is 175 Å². The van der Waals surface area contributed by atoms with E-state index in [9.17, 15) is 19.5 Å². The van der Waals surface area contributed by atoms with Crippen molar-refractivity contribution < 1.29 is 38.4 Å². The summed E-state index contributed by atoms with van der Waals surface area (Å²) in [7, 11) is 0. The van der Waals surface area contributed by atoms with Crippen molar-refractivity contribution in [2.45, 2.75) is 84.1 Å². The normalized spacial score (nSPS) is 44.5. The summed E-state index contributed by atoms with van der Waals surface area (Å²) in [4.78, 5) is 36.8. The van der Waals surface area contributed by atoms with Gasteiger partial charge in [-0.15, -0.1) is 0 Å². The Balaban J connectivity index is 1.86. The summed E-state index contributed by atoms with van der Waals surface area (Å²) in [5.41, 5.74) is -0.832. The molecule has 0 unspecified atom stereocenters. The zero-order valence-corrected chi connectivity index (χ0v) is 18.1. The summed E-state index contributed by atoms with van der Waals surface area (Å²) in [6.45, 7) is 10.1. The van der Waals surface area contributed by atoms with E-state index < -0.39 is 46.9 Å². The molecule has 0 aromatic carbocycles. The lowest BCUT2D eigenvalue weighted by molar-refractivity contribution is -0.232. The number of esters is 3. The summed E-state index contributed by atoms with van der Waals surface area (Å²) < 4.78 is 23.0. The Morgan fingerprint density at radius 3 is 2.53 bits per heavy atom. The topological polar surface area (TPSA) is 112 Å². The van der Waals surface area contributed by atoms with E-state index in [2.05, 4.69) is 0 Å². The number of hydrogen-bond donors (Lipinski definition) is 1. The molecule has 2 aliphatic heterocycles. The highest BCUT2D eigenvalue weighted by Gasteiger charge is 2.82. The summed E-state index contributed by atoms with van der Waals surface area (Å²) in [5, 5.41) is 11.3. The fourth-order valence-electron chi connectivity index (χ4n) is 5.66. The third-order valence-corrected chi connectivity index (χ3v) is 7.68. The highest BCUT2D eigenvalue weighted by molar-refractivity contribution is 5.93. The van der Waals surface area contributed by atoms with Gasteiger partial charge in [-0.25, -0.2) is 9.59 Å². The SMILES string of the molecule is C/C=C(\C)C(=O)O[C@@H]1C2=C(C)C(=O)O[C@]2(O)C[C@@]23O[C@@H]2C[C@H](OC(C)=O)[C@H](C)[C@@]13C. The van der Waals surface area contributed by atoms with E-state index in [4.69, 9.17) is 18.9 Å². The van der Waals surface area contributed by atoms with Gasteiger partial charge in [0.1, 0.15) is 17.8 Å². The second kappa shape index (κ2) is 6.40. The lowest BCUT2D eigenvalue weighted by Gasteiger charge is -2.55. The van der Waals surface area contributed by atoms with Crippen LogP contribution in [-0.4, -0.2) is 52.7 Å². The molecule has 2 heterocycles. The number of epoxide rings is 1. The van der Waals surface area contributed by atoms with Gasteiger partial charge in [-0.3, -0.25) is 4.79 Å². The van der Waals surface area contributed by atoms with Gasteiger partial charge in [0, 0.05) is 42.2 Å². The number of fused-ring (bicyclic) bond motifs is 1. The van der Waals surface area contributed by atoms with Gasteiger partial charge in [0.2, 0.25) is 5.79 Å². The Morgan fingerprint density at radius 2 is 1.93 bits per heavy atom. The van der Waals surface area contributed by atoms with Crippen LogP contribution in [0.15, 0.2) is 22.8 Å². The standard InChI is InChI=1S/C22H28O8/c1-7-10(2)18(24)28-17-16-11(3)19(25)30-22(16,26)9-21-15(29-21)8-14(27-13(5)23)12(4)20(17,21)6/h7,12,14-15,17,26H,8-9H2,1-6H3/b10-7+/t12-,14-,15+,17+,20-,21+,22+/m0/s1. The Bertz CT molecular complexity index is 903. The third-order valence-electron chi connectivity index (χ3n) is 7.68. The van der Waals surface area contributed by atoms with E-state index in [0.717, 1.165) is 0 Å². The molecule has 0 aromatic rings. The van der Waals surface area contributed by atoms with Crippen molar-refractivity contribution in [1.82, 2.24) is 0 Å². The molecule has 4 rings (SSSR count). The molecule has 0 amide bonds. The molecule has 2 saturated carbocycles. The Morgan fingerprint density at radius 1 is 1.27 bits per heavy atom. The molecule has 2 aliphatic carbocycles. The zero-order chi connectivity index (χ0) is 22.2. The molecule has 4 aliphatic rings. The molecule has 1 spiro atoms. The fourth-order valence-corrected chi connectivity index (χ4v) is 5.66. The predicted octanol–water partition coefficient (Wildman–Crippen LogP) is 1.95. The molecule has 8 heteroatoms. The second-order valence-corrected chi connectivity index (χ2v) is 9.10. The van der Waals surface area contributed by atoms with Gasteiger partial charge in [0.25, 0.3) is 0 Å². The van der Waals surface area contributed by atoms with E-state index in [0.29, 0.717) is 12.0 Å². The van der Waals surface area contributed by atoms with Crippen LogP contribution in [0.2, 0.25) is 0 Å². The average molecular weight is 420 g/mol. The van der Waals surface area contributed by atoms with Gasteiger partial charge < -0.3 is 24.1 Å². The Kier molecular flexibility index (Phi) is 4.50. The third kappa shape index (κ3) is 2.56. The van der Waals surface area contributed by atoms with Gasteiger partial charge >= 0.3 is 17.9 Å². The minimum Gasteiger partial charge on any atom is -0.462 e. The summed E-state index contributed by atoms with van der Waals surface area (Å²) in [6.07, 6.45) is 0.415. The minimum absolute atomic E-state index is 0.0490. The maximum absolute atomic E-state index is 12.8. The van der Waals surface area contributed by atoms with Crippen molar-refractivity contribution >= 4 is 17.9 Å². The average Bonchev–Trinajstić information content (AvgIpc) is 3.30. The molecular weight excluding hydrogens is 392 g/mol. The van der Waals surface area contributed by atoms with Crippen LogP contribution in [0.4, 0.5) is 0 Å². The first-order chi connectivity index (χ1) is 13.9. The number of allylic oxidation sites excluding steroid dienone is 1. The first kappa shape index (κ1) is 21.1. The number of rotatable bonds is 3. The van der Waals surface area contributed by atoms with E-state index in [1.807, 2.05) is 13.8 Å². The molecule has 0 bridgehead atoms. The number of carbonyl (C=O) groups is 3. The van der Waals surface area contributed by atoms with Gasteiger partial charge in [0.05, 0.1) is 11.7 Å². The van der Waals surface area contributed by atoms with Crippen molar-refractivity contribution in [3.63, 3.8) is 0 Å². The maximum Gasteiger partial charge on any atom is 0.336 e. The quantitative estimate of drug-likeness (QED) is 0.319. The van der Waals surface area contributed by atoms with Crippen molar-refractivity contribution in [2.75, 3.05) is 0 Å². The molecular formula is C22H28O8. The summed E-state index contributed by atoms with van der Waals surface area (Å²) >= 11 is 0. The van der Waals surface area contributed by atoms with Crippen molar-refractivity contribution in [3.8, 4) is 0 Å². The zero-order valence-electron chi connectivity index (χ0n) is 18.1. The Hall–Kier alpha value is -2.19. The number of aliphatic hydroxyl groups is 1. The van der Waals surface area contributed by atoms with Crippen LogP contribution in [0.5, 0.6) is 0 Å². The van der Waals surface area contributed by atoms with Gasteiger partial charge in [-0.05, 0) is 20.8 Å². The van der Waals surface area contributed by atoms with Crippen LogP contribution in [0.1, 0.15) is 54.4 Å². The van der Waals surface area contributed by atoms with Gasteiger partial charge in [-0.2, -0.15) is 0 Å². The van der Waals surface area contributed by atoms with E-state index in [1.165, 1.54) is 6.92 Å². The lowest BCUT2D eigenvalue weighted by Crippen LogP contribution is -2.66. The first-order valence-corrected chi connectivity index (χ1v) is 10.3. The molecule has 164 valence electrons.